The molecule has 0 spiro atoms. The lowest BCUT2D eigenvalue weighted by molar-refractivity contribution is 0.217. The molecular weight excluding hydrogens is 172 g/mol. The van der Waals surface area contributed by atoms with Crippen molar-refractivity contribution in [2.45, 2.75) is 38.5 Å². The van der Waals surface area contributed by atoms with Gasteiger partial charge in [0.1, 0.15) is 0 Å². The minimum Gasteiger partial charge on any atom is -0.272 e. The van der Waals surface area contributed by atoms with Crippen LogP contribution >= 0.6 is 0 Å². The van der Waals surface area contributed by atoms with Crippen LogP contribution in [0.4, 0.5) is 0 Å². The molecule has 0 radical (unpaired) electrons. The van der Waals surface area contributed by atoms with Gasteiger partial charge in [0.2, 0.25) is 0 Å². The van der Waals surface area contributed by atoms with E-state index in [1.165, 1.54) is 49.8 Å². The minimum absolute atomic E-state index is 0.964. The lowest BCUT2D eigenvalue weighted by Gasteiger charge is -2.35. The van der Waals surface area contributed by atoms with Crippen molar-refractivity contribution in [3.63, 3.8) is 0 Å². The normalized spacial score (nSPS) is 30.9. The Kier molecular flexibility index (Phi) is 1.89. The van der Waals surface area contributed by atoms with E-state index in [9.17, 15) is 0 Å². The van der Waals surface area contributed by atoms with E-state index in [2.05, 4.69) is 23.0 Å². The second kappa shape index (κ2) is 3.11. The van der Waals surface area contributed by atoms with Crippen LogP contribution in [0.15, 0.2) is 6.20 Å². The van der Waals surface area contributed by atoms with Gasteiger partial charge in [-0.25, -0.2) is 0 Å². The van der Waals surface area contributed by atoms with Crippen LogP contribution in [0.3, 0.4) is 0 Å². The maximum Gasteiger partial charge on any atom is 0.0524 e. The van der Waals surface area contributed by atoms with Crippen LogP contribution in [0.1, 0.15) is 36.9 Å². The summed E-state index contributed by atoms with van der Waals surface area (Å²) < 4.78 is 2.08. The smallest absolute Gasteiger partial charge is 0.0524 e. The molecule has 2 atom stereocenters. The molecule has 76 valence electrons. The van der Waals surface area contributed by atoms with Crippen molar-refractivity contribution in [2.75, 3.05) is 0 Å². The van der Waals surface area contributed by atoms with Crippen molar-refractivity contribution >= 4 is 0 Å². The molecule has 3 rings (SSSR count). The molecule has 1 aromatic rings. The zero-order chi connectivity index (χ0) is 9.54. The van der Waals surface area contributed by atoms with Crippen molar-refractivity contribution in [3.8, 4) is 0 Å². The minimum atomic E-state index is 0.964. The van der Waals surface area contributed by atoms with E-state index in [4.69, 9.17) is 0 Å². The summed E-state index contributed by atoms with van der Waals surface area (Å²) in [6, 6.07) is 0. The van der Waals surface area contributed by atoms with Gasteiger partial charge in [-0.05, 0) is 43.1 Å². The predicted octanol–water partition coefficient (Wildman–Crippen LogP) is 2.33. The third kappa shape index (κ3) is 1.20. The number of nitrogens with zero attached hydrogens (tertiary/aromatic N) is 2. The van der Waals surface area contributed by atoms with Crippen molar-refractivity contribution in [1.29, 1.82) is 0 Å². The first-order valence-corrected chi connectivity index (χ1v) is 5.84. The summed E-state index contributed by atoms with van der Waals surface area (Å²) in [5.74, 6) is 1.94. The molecular formula is C12H18N2. The molecule has 0 aromatic carbocycles. The van der Waals surface area contributed by atoms with Gasteiger partial charge in [-0.1, -0.05) is 12.8 Å². The lowest BCUT2D eigenvalue weighted by atomic mass is 9.70. The number of aromatic nitrogens is 2. The highest BCUT2D eigenvalue weighted by Gasteiger charge is 2.31. The molecule has 0 amide bonds. The van der Waals surface area contributed by atoms with Gasteiger partial charge in [0.15, 0.2) is 0 Å². The summed E-state index contributed by atoms with van der Waals surface area (Å²) >= 11 is 0. The van der Waals surface area contributed by atoms with Gasteiger partial charge in [-0.3, -0.25) is 4.68 Å². The Labute approximate surface area is 85.3 Å². The molecule has 2 nitrogen and oxygen atoms in total. The highest BCUT2D eigenvalue weighted by molar-refractivity contribution is 5.22. The number of aryl methyl sites for hydroxylation is 1. The quantitative estimate of drug-likeness (QED) is 0.614. The van der Waals surface area contributed by atoms with Crippen LogP contribution in [-0.2, 0) is 19.9 Å². The Balaban J connectivity index is 1.92. The monoisotopic (exact) mass is 190 g/mol. The van der Waals surface area contributed by atoms with Gasteiger partial charge in [0, 0.05) is 12.7 Å². The molecule has 2 aliphatic rings. The van der Waals surface area contributed by atoms with Crippen LogP contribution < -0.4 is 0 Å². The summed E-state index contributed by atoms with van der Waals surface area (Å²) in [5.41, 5.74) is 3.03. The van der Waals surface area contributed by atoms with Crippen LogP contribution in [0.2, 0.25) is 0 Å². The molecule has 2 aliphatic carbocycles. The Morgan fingerprint density at radius 1 is 1.21 bits per heavy atom. The third-order valence-electron chi connectivity index (χ3n) is 4.15. The molecule has 1 saturated carbocycles. The van der Waals surface area contributed by atoms with Gasteiger partial charge in [-0.15, -0.1) is 0 Å². The summed E-state index contributed by atoms with van der Waals surface area (Å²) in [7, 11) is 2.09. The Morgan fingerprint density at radius 3 is 2.71 bits per heavy atom. The first kappa shape index (κ1) is 8.51. The second-order valence-corrected chi connectivity index (χ2v) is 4.95. The van der Waals surface area contributed by atoms with Crippen molar-refractivity contribution in [2.24, 2.45) is 18.9 Å². The molecule has 0 bridgehead atoms. The number of rotatable bonds is 0. The summed E-state index contributed by atoms with van der Waals surface area (Å²) in [4.78, 5) is 0. The predicted molar refractivity (Wildman–Crippen MR) is 56.1 cm³/mol. The highest BCUT2D eigenvalue weighted by atomic mass is 15.3. The Morgan fingerprint density at radius 2 is 1.93 bits per heavy atom. The van der Waals surface area contributed by atoms with E-state index in [0.29, 0.717) is 0 Å². The van der Waals surface area contributed by atoms with Gasteiger partial charge >= 0.3 is 0 Å². The molecule has 1 heterocycles. The first-order valence-electron chi connectivity index (χ1n) is 5.84. The van der Waals surface area contributed by atoms with Crippen LogP contribution in [-0.4, -0.2) is 9.78 Å². The van der Waals surface area contributed by atoms with E-state index in [1.54, 1.807) is 0 Å². The van der Waals surface area contributed by atoms with Crippen molar-refractivity contribution < 1.29 is 0 Å². The van der Waals surface area contributed by atoms with Crippen LogP contribution in [0.25, 0.3) is 0 Å². The van der Waals surface area contributed by atoms with Gasteiger partial charge < -0.3 is 0 Å². The summed E-state index contributed by atoms with van der Waals surface area (Å²) in [6.45, 7) is 0. The van der Waals surface area contributed by atoms with E-state index in [0.717, 1.165) is 11.8 Å². The molecule has 0 N–H and O–H groups in total. The van der Waals surface area contributed by atoms with Crippen LogP contribution in [0.5, 0.6) is 0 Å². The summed E-state index contributed by atoms with van der Waals surface area (Å²) in [6.07, 6.45) is 10.5. The molecule has 2 heteroatoms. The standard InChI is InChI=1S/C12H18N2/c1-14-12-7-10-5-3-2-4-9(10)6-11(12)8-13-14/h8-10H,2-7H2,1H3. The maximum atomic E-state index is 4.37. The maximum absolute atomic E-state index is 4.37. The van der Waals surface area contributed by atoms with E-state index in [1.807, 2.05) is 0 Å². The SMILES string of the molecule is Cn1ncc2c1CC1CCCCC1C2. The average molecular weight is 190 g/mol. The van der Waals surface area contributed by atoms with Gasteiger partial charge in [0.25, 0.3) is 0 Å². The first-order chi connectivity index (χ1) is 6.84. The van der Waals surface area contributed by atoms with Gasteiger partial charge in [-0.2, -0.15) is 5.10 Å². The zero-order valence-electron chi connectivity index (χ0n) is 8.87. The molecule has 0 saturated heterocycles. The van der Waals surface area contributed by atoms with Crippen molar-refractivity contribution in [1.82, 2.24) is 9.78 Å². The molecule has 2 unspecified atom stereocenters. The Bertz CT molecular complexity index is 340. The fraction of sp³-hybridized carbons (Fsp3) is 0.750. The third-order valence-corrected chi connectivity index (χ3v) is 4.15. The number of hydrogen-bond acceptors (Lipinski definition) is 1. The molecule has 1 aromatic heterocycles. The fourth-order valence-corrected chi connectivity index (χ4v) is 3.29. The topological polar surface area (TPSA) is 17.8 Å². The molecule has 14 heavy (non-hydrogen) atoms. The van der Waals surface area contributed by atoms with Gasteiger partial charge in [0.05, 0.1) is 6.20 Å². The Hall–Kier alpha value is -0.790. The van der Waals surface area contributed by atoms with Crippen molar-refractivity contribution in [3.05, 3.63) is 17.5 Å². The fourth-order valence-electron chi connectivity index (χ4n) is 3.29. The van der Waals surface area contributed by atoms with E-state index in [-0.39, 0.29) is 0 Å². The average Bonchev–Trinajstić information content (AvgIpc) is 2.57. The van der Waals surface area contributed by atoms with E-state index < -0.39 is 0 Å². The van der Waals surface area contributed by atoms with E-state index >= 15 is 0 Å². The second-order valence-electron chi connectivity index (χ2n) is 4.95. The van der Waals surface area contributed by atoms with Crippen LogP contribution in [0, 0.1) is 11.8 Å². The summed E-state index contributed by atoms with van der Waals surface area (Å²) in [5, 5.41) is 4.37. The zero-order valence-corrected chi connectivity index (χ0v) is 8.87. The lowest BCUT2D eigenvalue weighted by Crippen LogP contribution is -2.28. The highest BCUT2D eigenvalue weighted by Crippen LogP contribution is 2.39. The number of fused-ring (bicyclic) bond motifs is 2. The number of hydrogen-bond donors (Lipinski definition) is 0. The molecule has 0 aliphatic heterocycles. The largest absolute Gasteiger partial charge is 0.272 e. The molecule has 1 fully saturated rings.